The highest BCUT2D eigenvalue weighted by atomic mass is 15.1. The number of nitrogens with zero attached hydrogens (tertiary/aromatic N) is 3. The number of benzene rings is 6. The molecule has 0 saturated heterocycles. The van der Waals surface area contributed by atoms with Crippen LogP contribution in [0.1, 0.15) is 38.8 Å². The first-order valence-electron chi connectivity index (χ1n) is 15.8. The fourth-order valence-corrected chi connectivity index (χ4v) is 7.57. The molecule has 0 unspecified atom stereocenters. The molecule has 45 heavy (non-hydrogen) atoms. The largest absolute Gasteiger partial charge is 0.292 e. The molecule has 3 heteroatoms. The minimum Gasteiger partial charge on any atom is -0.292 e. The molecule has 0 amide bonds. The van der Waals surface area contributed by atoms with Crippen LogP contribution in [-0.4, -0.2) is 14.5 Å². The first-order chi connectivity index (χ1) is 21.8. The summed E-state index contributed by atoms with van der Waals surface area (Å²) in [6.07, 6.45) is 0. The maximum Gasteiger partial charge on any atom is 0.165 e. The van der Waals surface area contributed by atoms with Gasteiger partial charge in [0.1, 0.15) is 5.69 Å². The van der Waals surface area contributed by atoms with Gasteiger partial charge in [0.15, 0.2) is 5.82 Å². The van der Waals surface area contributed by atoms with Gasteiger partial charge >= 0.3 is 0 Å². The Balaban J connectivity index is 1.43. The highest BCUT2D eigenvalue weighted by molar-refractivity contribution is 6.12. The topological polar surface area (TPSA) is 30.7 Å². The van der Waals surface area contributed by atoms with E-state index in [4.69, 9.17) is 9.97 Å². The molecular formula is C42H33N3. The van der Waals surface area contributed by atoms with Crippen molar-refractivity contribution < 1.29 is 0 Å². The summed E-state index contributed by atoms with van der Waals surface area (Å²) in [5.41, 5.74) is 11.2. The molecule has 1 aliphatic rings. The third-order valence-electron chi connectivity index (χ3n) is 10.7. The van der Waals surface area contributed by atoms with Crippen LogP contribution < -0.4 is 0 Å². The summed E-state index contributed by atoms with van der Waals surface area (Å²) in [4.78, 5) is 10.6. The molecule has 0 saturated carbocycles. The van der Waals surface area contributed by atoms with Gasteiger partial charge in [-0.2, -0.15) is 0 Å². The fraction of sp³-hybridized carbons (Fsp3) is 0.143. The number of aromatic nitrogens is 3. The summed E-state index contributed by atoms with van der Waals surface area (Å²) < 4.78 is 2.35. The van der Waals surface area contributed by atoms with Gasteiger partial charge in [-0.05, 0) is 86.3 Å². The zero-order valence-corrected chi connectivity index (χ0v) is 26.0. The Bertz CT molecular complexity index is 2480. The third-order valence-corrected chi connectivity index (χ3v) is 10.7. The second kappa shape index (κ2) is 9.12. The van der Waals surface area contributed by atoms with Crippen molar-refractivity contribution in [2.24, 2.45) is 0 Å². The van der Waals surface area contributed by atoms with Crippen LogP contribution in [0.15, 0.2) is 127 Å². The lowest BCUT2D eigenvalue weighted by Gasteiger charge is -2.48. The Morgan fingerprint density at radius 2 is 1.07 bits per heavy atom. The van der Waals surface area contributed by atoms with Gasteiger partial charge in [-0.1, -0.05) is 113 Å². The predicted molar refractivity (Wildman–Crippen MR) is 188 cm³/mol. The van der Waals surface area contributed by atoms with Gasteiger partial charge in [-0.25, -0.2) is 9.97 Å². The van der Waals surface area contributed by atoms with E-state index >= 15 is 0 Å². The Morgan fingerprint density at radius 3 is 1.82 bits per heavy atom. The van der Waals surface area contributed by atoms with Crippen molar-refractivity contribution in [3.05, 3.63) is 139 Å². The normalized spacial score (nSPS) is 15.0. The van der Waals surface area contributed by atoms with Crippen molar-refractivity contribution in [1.82, 2.24) is 14.5 Å². The van der Waals surface area contributed by atoms with Crippen molar-refractivity contribution in [3.8, 4) is 28.2 Å². The molecule has 2 aromatic heterocycles. The number of rotatable bonds is 2. The SMILES string of the molecule is CC1(C)c2cc3ccccc3cc2-c2cc3c4ccccc4n(-c4nc5ccccc5nc4-c4ccccc4)c3cc2C1(C)C. The second-order valence-corrected chi connectivity index (χ2v) is 13.5. The Kier molecular flexibility index (Phi) is 5.30. The molecule has 0 N–H and O–H groups in total. The molecule has 8 aromatic rings. The Labute approximate surface area is 262 Å². The van der Waals surface area contributed by atoms with E-state index in [9.17, 15) is 0 Å². The molecule has 1 aliphatic carbocycles. The second-order valence-electron chi connectivity index (χ2n) is 13.5. The van der Waals surface area contributed by atoms with Gasteiger partial charge < -0.3 is 0 Å². The van der Waals surface area contributed by atoms with Crippen molar-refractivity contribution in [1.29, 1.82) is 0 Å². The van der Waals surface area contributed by atoms with E-state index in [2.05, 4.69) is 141 Å². The van der Waals surface area contributed by atoms with Crippen molar-refractivity contribution in [3.63, 3.8) is 0 Å². The molecule has 0 fully saturated rings. The summed E-state index contributed by atoms with van der Waals surface area (Å²) >= 11 is 0. The highest BCUT2D eigenvalue weighted by Gasteiger charge is 2.46. The average molecular weight is 580 g/mol. The number of hydrogen-bond donors (Lipinski definition) is 0. The quantitative estimate of drug-likeness (QED) is 0.204. The molecule has 6 aromatic carbocycles. The van der Waals surface area contributed by atoms with Crippen LogP contribution in [0.4, 0.5) is 0 Å². The monoisotopic (exact) mass is 579 g/mol. The summed E-state index contributed by atoms with van der Waals surface area (Å²) in [5, 5.41) is 5.02. The van der Waals surface area contributed by atoms with Gasteiger partial charge in [0.25, 0.3) is 0 Å². The fourth-order valence-electron chi connectivity index (χ4n) is 7.57. The van der Waals surface area contributed by atoms with Gasteiger partial charge in [-0.15, -0.1) is 0 Å². The van der Waals surface area contributed by atoms with E-state index in [1.54, 1.807) is 0 Å². The van der Waals surface area contributed by atoms with E-state index in [1.165, 1.54) is 43.8 Å². The standard InChI is InChI=1S/C42H33N3/c1-41(2)33-23-28-17-9-8-16-27(28)22-30(33)31-24-32-29-18-10-13-21-37(29)45(38(32)25-34(31)42(41,3)4)40-39(26-14-6-5-7-15-26)43-35-19-11-12-20-36(35)44-40/h5-25H,1-4H3. The minimum atomic E-state index is -0.134. The molecular weight excluding hydrogens is 546 g/mol. The van der Waals surface area contributed by atoms with E-state index in [-0.39, 0.29) is 10.8 Å². The molecule has 0 atom stereocenters. The summed E-state index contributed by atoms with van der Waals surface area (Å²) in [6.45, 7) is 9.64. The van der Waals surface area contributed by atoms with E-state index in [0.717, 1.165) is 39.1 Å². The summed E-state index contributed by atoms with van der Waals surface area (Å²) in [5.74, 6) is 0.852. The molecule has 216 valence electrons. The predicted octanol–water partition coefficient (Wildman–Crippen LogP) is 10.8. The third kappa shape index (κ3) is 3.58. The van der Waals surface area contributed by atoms with Crippen molar-refractivity contribution in [2.75, 3.05) is 0 Å². The Hall–Kier alpha value is -5.28. The molecule has 9 rings (SSSR count). The summed E-state index contributed by atoms with van der Waals surface area (Å²) in [6, 6.07) is 45.9. The van der Waals surface area contributed by atoms with E-state index < -0.39 is 0 Å². The van der Waals surface area contributed by atoms with Crippen LogP contribution in [0.2, 0.25) is 0 Å². The van der Waals surface area contributed by atoms with E-state index in [0.29, 0.717) is 0 Å². The van der Waals surface area contributed by atoms with Crippen molar-refractivity contribution in [2.45, 2.75) is 38.5 Å². The van der Waals surface area contributed by atoms with Gasteiger partial charge in [0.05, 0.1) is 22.1 Å². The van der Waals surface area contributed by atoms with Gasteiger partial charge in [0.2, 0.25) is 0 Å². The molecule has 0 spiro atoms. The average Bonchev–Trinajstić information content (AvgIpc) is 3.39. The maximum absolute atomic E-state index is 5.34. The van der Waals surface area contributed by atoms with Crippen LogP contribution in [0.3, 0.4) is 0 Å². The van der Waals surface area contributed by atoms with Crippen LogP contribution in [0.25, 0.3) is 71.8 Å². The zero-order valence-electron chi connectivity index (χ0n) is 26.0. The molecule has 0 bridgehead atoms. The number of hydrogen-bond acceptors (Lipinski definition) is 2. The minimum absolute atomic E-state index is 0.0954. The van der Waals surface area contributed by atoms with Crippen LogP contribution in [0.5, 0.6) is 0 Å². The highest BCUT2D eigenvalue weighted by Crippen LogP contribution is 2.56. The molecule has 0 aliphatic heterocycles. The van der Waals surface area contributed by atoms with Gasteiger partial charge in [0, 0.05) is 16.3 Å². The number of fused-ring (bicyclic) bond motifs is 8. The van der Waals surface area contributed by atoms with Crippen LogP contribution in [-0.2, 0) is 10.8 Å². The molecule has 0 radical (unpaired) electrons. The Morgan fingerprint density at radius 1 is 0.489 bits per heavy atom. The molecule has 2 heterocycles. The molecule has 3 nitrogen and oxygen atoms in total. The first-order valence-corrected chi connectivity index (χ1v) is 15.8. The van der Waals surface area contributed by atoms with Crippen LogP contribution >= 0.6 is 0 Å². The smallest absolute Gasteiger partial charge is 0.165 e. The van der Waals surface area contributed by atoms with E-state index in [1.807, 2.05) is 18.2 Å². The van der Waals surface area contributed by atoms with Gasteiger partial charge in [-0.3, -0.25) is 4.57 Å². The van der Waals surface area contributed by atoms with Crippen molar-refractivity contribution >= 4 is 43.6 Å². The van der Waals surface area contributed by atoms with Crippen LogP contribution in [0, 0.1) is 0 Å². The lowest BCUT2D eigenvalue weighted by molar-refractivity contribution is 0.299. The first kappa shape index (κ1) is 26.2. The number of para-hydroxylation sites is 3. The summed E-state index contributed by atoms with van der Waals surface area (Å²) in [7, 11) is 0. The zero-order chi connectivity index (χ0) is 30.5. The lowest BCUT2D eigenvalue weighted by atomic mass is 9.55. The lowest BCUT2D eigenvalue weighted by Crippen LogP contribution is -2.43. The maximum atomic E-state index is 5.34.